The summed E-state index contributed by atoms with van der Waals surface area (Å²) in [5.74, 6) is 0. The van der Waals surface area contributed by atoms with E-state index in [0.717, 1.165) is 6.04 Å². The van der Waals surface area contributed by atoms with Gasteiger partial charge in [-0.15, -0.1) is 0 Å². The average molecular weight is 557 g/mol. The predicted octanol–water partition coefficient (Wildman–Crippen LogP) is 8.76. The normalized spacial score (nSPS) is 16.8. The van der Waals surface area contributed by atoms with E-state index in [1.807, 2.05) is 0 Å². The van der Waals surface area contributed by atoms with E-state index in [9.17, 15) is 0 Å². The predicted molar refractivity (Wildman–Crippen MR) is 164 cm³/mol. The summed E-state index contributed by atoms with van der Waals surface area (Å²) in [5.41, 5.74) is 0. The minimum atomic E-state index is -2.05. The van der Waals surface area contributed by atoms with Gasteiger partial charge in [0.25, 0.3) is 0 Å². The Labute approximate surface area is 210 Å². The number of unbranched alkanes of at least 4 members (excludes halogenated alkanes) is 5. The molecule has 0 aliphatic heterocycles. The van der Waals surface area contributed by atoms with Crippen molar-refractivity contribution in [3.63, 3.8) is 0 Å². The molecule has 1 unspecified atom stereocenters. The van der Waals surface area contributed by atoms with E-state index in [2.05, 4.69) is 90.8 Å². The van der Waals surface area contributed by atoms with Crippen LogP contribution in [0.4, 0.5) is 0 Å². The van der Waals surface area contributed by atoms with E-state index in [-0.39, 0.29) is 0 Å². The summed E-state index contributed by atoms with van der Waals surface area (Å²) < 4.78 is 20.1. The lowest BCUT2D eigenvalue weighted by molar-refractivity contribution is 0.380. The van der Waals surface area contributed by atoms with Gasteiger partial charge in [0.15, 0.2) is 33.3 Å². The molecule has 0 fully saturated rings. The first-order valence-electron chi connectivity index (χ1n) is 12.8. The Balaban J connectivity index is 4.46. The fourth-order valence-electron chi connectivity index (χ4n) is 4.88. The van der Waals surface area contributed by atoms with Gasteiger partial charge in [0.2, 0.25) is 0 Å². The summed E-state index contributed by atoms with van der Waals surface area (Å²) in [6.45, 7) is 25.8. The highest BCUT2D eigenvalue weighted by Crippen LogP contribution is 2.40. The van der Waals surface area contributed by atoms with Crippen LogP contribution in [0, 0.1) is 0 Å². The van der Waals surface area contributed by atoms with Crippen LogP contribution in [-0.2, 0) is 12.3 Å². The molecule has 196 valence electrons. The molecular weight excluding hydrogens is 497 g/mol. The van der Waals surface area contributed by atoms with Gasteiger partial charge in [-0.2, -0.15) is 0 Å². The molecule has 32 heavy (non-hydrogen) atoms. The highest BCUT2D eigenvalue weighted by Gasteiger charge is 2.39. The van der Waals surface area contributed by atoms with Gasteiger partial charge < -0.3 is 12.3 Å². The molecule has 0 spiro atoms. The highest BCUT2D eigenvalue weighted by molar-refractivity contribution is 8.33. The lowest BCUT2D eigenvalue weighted by Crippen LogP contribution is -2.52. The average Bonchev–Trinajstić information content (AvgIpc) is 2.41. The molecule has 0 radical (unpaired) electrons. The van der Waals surface area contributed by atoms with Gasteiger partial charge >= 0.3 is 8.56 Å². The molecule has 3 nitrogen and oxygen atoms in total. The van der Waals surface area contributed by atoms with Gasteiger partial charge in [0.05, 0.1) is 0 Å². The summed E-state index contributed by atoms with van der Waals surface area (Å²) in [4.78, 5) is 0. The molecule has 1 atom stereocenters. The lowest BCUT2D eigenvalue weighted by Gasteiger charge is -2.41. The van der Waals surface area contributed by atoms with E-state index < -0.39 is 51.9 Å². The smallest absolute Gasteiger partial charge is 0.314 e. The van der Waals surface area contributed by atoms with Crippen molar-refractivity contribution in [2.45, 2.75) is 123 Å². The molecule has 0 bridgehead atoms. The molecule has 0 N–H and O–H groups in total. The Bertz CT molecular complexity index is 454. The van der Waals surface area contributed by atoms with Crippen molar-refractivity contribution in [2.24, 2.45) is 0 Å². The Morgan fingerprint density at radius 3 is 1.16 bits per heavy atom. The van der Waals surface area contributed by atoms with E-state index >= 15 is 0 Å². The molecule has 0 aliphatic rings. The van der Waals surface area contributed by atoms with Gasteiger partial charge in [-0.05, 0) is 108 Å². The second kappa shape index (κ2) is 13.0. The fraction of sp³-hybridized carbons (Fsp3) is 1.00. The van der Waals surface area contributed by atoms with E-state index in [1.165, 1.54) is 49.9 Å². The minimum Gasteiger partial charge on any atom is -0.455 e. The van der Waals surface area contributed by atoms with Gasteiger partial charge in [-0.3, -0.25) is 0 Å². The topological polar surface area (TPSA) is 27.7 Å². The molecular formula is C23H60O3SSi5. The van der Waals surface area contributed by atoms with Crippen molar-refractivity contribution in [1.29, 1.82) is 0 Å². The molecule has 0 aliphatic carbocycles. The molecule has 0 saturated heterocycles. The number of rotatable bonds is 17. The molecule has 9 heteroatoms. The summed E-state index contributed by atoms with van der Waals surface area (Å²) in [7, 11) is -8.76. The Morgan fingerprint density at radius 1 is 0.469 bits per heavy atom. The molecule has 0 saturated carbocycles. The molecule has 0 rings (SSSR count). The van der Waals surface area contributed by atoms with Crippen molar-refractivity contribution in [1.82, 2.24) is 0 Å². The maximum absolute atomic E-state index is 6.85. The Hall–Kier alpha value is 1.31. The zero-order valence-electron chi connectivity index (χ0n) is 24.5. The molecule has 0 aromatic carbocycles. The molecule has 0 aromatic rings. The largest absolute Gasteiger partial charge is 0.455 e. The SMILES string of the molecule is C[Si](C)(C)O[Si](C)(CCCCCCCC[Si](C)(O[Si](C)(C)C)O[Si](C)(C)C)CS(C)(C)C. The highest BCUT2D eigenvalue weighted by atomic mass is 32.3. The Morgan fingerprint density at radius 2 is 0.812 bits per heavy atom. The van der Waals surface area contributed by atoms with Gasteiger partial charge in [0.1, 0.15) is 0 Å². The van der Waals surface area contributed by atoms with Crippen LogP contribution in [0.3, 0.4) is 0 Å². The van der Waals surface area contributed by atoms with Crippen LogP contribution in [0.15, 0.2) is 0 Å². The van der Waals surface area contributed by atoms with Crippen molar-refractivity contribution in [3.05, 3.63) is 0 Å². The van der Waals surface area contributed by atoms with Crippen LogP contribution in [0.2, 0.25) is 84.1 Å². The first-order valence-corrected chi connectivity index (χ1v) is 31.4. The maximum atomic E-state index is 6.85. The number of hydrogen-bond acceptors (Lipinski definition) is 3. The van der Waals surface area contributed by atoms with E-state index in [0.29, 0.717) is 0 Å². The summed E-state index contributed by atoms with van der Waals surface area (Å²) >= 11 is 0. The first kappa shape index (κ1) is 33.3. The van der Waals surface area contributed by atoms with Crippen LogP contribution in [0.5, 0.6) is 0 Å². The first-order chi connectivity index (χ1) is 14.0. The summed E-state index contributed by atoms with van der Waals surface area (Å²) in [5, 5.41) is 1.36. The van der Waals surface area contributed by atoms with Gasteiger partial charge in [-0.25, -0.2) is 10.0 Å². The van der Waals surface area contributed by atoms with Crippen molar-refractivity contribution < 1.29 is 12.3 Å². The maximum Gasteiger partial charge on any atom is 0.314 e. The third-order valence-corrected chi connectivity index (χ3v) is 26.3. The lowest BCUT2D eigenvalue weighted by atomic mass is 10.1. The quantitative estimate of drug-likeness (QED) is 0.132. The fourth-order valence-corrected chi connectivity index (χ4v) is 33.5. The van der Waals surface area contributed by atoms with Crippen molar-refractivity contribution in [3.8, 4) is 0 Å². The van der Waals surface area contributed by atoms with Crippen LogP contribution in [0.25, 0.3) is 0 Å². The van der Waals surface area contributed by atoms with Crippen LogP contribution < -0.4 is 0 Å². The van der Waals surface area contributed by atoms with Crippen LogP contribution in [-0.4, -0.2) is 66.0 Å². The zero-order chi connectivity index (χ0) is 25.5. The number of hydrogen-bond donors (Lipinski definition) is 0. The Kier molecular flexibility index (Phi) is 13.6. The zero-order valence-corrected chi connectivity index (χ0v) is 30.3. The third-order valence-electron chi connectivity index (χ3n) is 4.92. The second-order valence-electron chi connectivity index (χ2n) is 14.1. The van der Waals surface area contributed by atoms with Crippen molar-refractivity contribution in [2.75, 3.05) is 24.1 Å². The van der Waals surface area contributed by atoms with Crippen LogP contribution in [0.1, 0.15) is 38.5 Å². The third kappa shape index (κ3) is 19.6. The summed E-state index contributed by atoms with van der Waals surface area (Å²) in [6.07, 6.45) is 15.4. The minimum absolute atomic E-state index is 0.504. The standard InChI is InChI=1S/C23H60O3SSi5/c1-27(2,3)23-31(13,24-28(4,5)6)21-19-17-15-16-18-20-22-32(14,25-29(7,8)9)26-30(10,11)12/h15-23H2,1-14H3. The van der Waals surface area contributed by atoms with E-state index in [1.54, 1.807) is 0 Å². The monoisotopic (exact) mass is 556 g/mol. The van der Waals surface area contributed by atoms with Gasteiger partial charge in [-0.1, -0.05) is 38.5 Å². The molecule has 0 heterocycles. The molecule has 0 amide bonds. The second-order valence-corrected chi connectivity index (χ2v) is 40.7. The van der Waals surface area contributed by atoms with Crippen molar-refractivity contribution >= 4 is 51.9 Å². The molecule has 0 aromatic heterocycles. The van der Waals surface area contributed by atoms with Gasteiger partial charge in [0, 0.05) is 0 Å². The van der Waals surface area contributed by atoms with E-state index in [4.69, 9.17) is 12.3 Å². The van der Waals surface area contributed by atoms with Crippen LogP contribution >= 0.6 is 10.0 Å². The summed E-state index contributed by atoms with van der Waals surface area (Å²) in [6, 6.07) is 2.51.